The van der Waals surface area contributed by atoms with Gasteiger partial charge < -0.3 is 15.7 Å². The van der Waals surface area contributed by atoms with Crippen molar-refractivity contribution in [1.82, 2.24) is 4.90 Å². The first-order chi connectivity index (χ1) is 10.1. The maximum atomic E-state index is 12.6. The molecule has 1 heterocycles. The summed E-state index contributed by atoms with van der Waals surface area (Å²) in [7, 11) is 0. The number of aromatic hydroxyl groups is 1. The zero-order valence-electron chi connectivity index (χ0n) is 12.1. The molecule has 0 aliphatic carbocycles. The van der Waals surface area contributed by atoms with Crippen LogP contribution in [0.5, 0.6) is 5.75 Å². The van der Waals surface area contributed by atoms with Crippen LogP contribution in [-0.4, -0.2) is 35.0 Å². The molecule has 21 heavy (non-hydrogen) atoms. The van der Waals surface area contributed by atoms with Crippen molar-refractivity contribution >= 4 is 16.7 Å². The molecule has 2 atom stereocenters. The molecule has 3 rings (SSSR count). The Bertz CT molecular complexity index is 682. The topological polar surface area (TPSA) is 66.6 Å². The summed E-state index contributed by atoms with van der Waals surface area (Å²) >= 11 is 0. The minimum atomic E-state index is -0.110. The molecular formula is C17H20N2O2. The zero-order valence-corrected chi connectivity index (χ0v) is 12.1. The molecule has 1 saturated heterocycles. The van der Waals surface area contributed by atoms with Crippen molar-refractivity contribution in [1.29, 1.82) is 0 Å². The molecular weight excluding hydrogens is 264 g/mol. The van der Waals surface area contributed by atoms with Gasteiger partial charge in [0.25, 0.3) is 5.91 Å². The van der Waals surface area contributed by atoms with Crippen LogP contribution in [0.25, 0.3) is 10.8 Å². The van der Waals surface area contributed by atoms with Crippen LogP contribution in [0.4, 0.5) is 0 Å². The first-order valence-corrected chi connectivity index (χ1v) is 7.33. The van der Waals surface area contributed by atoms with Crippen LogP contribution in [0.2, 0.25) is 0 Å². The Hall–Kier alpha value is -2.07. The maximum absolute atomic E-state index is 12.6. The number of likely N-dealkylation sites (tertiary alicyclic amines) is 1. The Balaban J connectivity index is 1.90. The smallest absolute Gasteiger partial charge is 0.257 e. The highest BCUT2D eigenvalue weighted by molar-refractivity contribution is 6.03. The molecule has 1 amide bonds. The molecule has 3 N–H and O–H groups in total. The number of benzene rings is 2. The number of nitrogens with two attached hydrogens (primary N) is 1. The van der Waals surface area contributed by atoms with Gasteiger partial charge in [-0.25, -0.2) is 0 Å². The van der Waals surface area contributed by atoms with Gasteiger partial charge in [0.1, 0.15) is 5.75 Å². The largest absolute Gasteiger partial charge is 0.506 e. The van der Waals surface area contributed by atoms with Crippen molar-refractivity contribution in [3.05, 3.63) is 42.0 Å². The van der Waals surface area contributed by atoms with E-state index in [1.165, 1.54) is 0 Å². The molecule has 4 nitrogen and oxygen atoms in total. The average molecular weight is 284 g/mol. The van der Waals surface area contributed by atoms with Crippen LogP contribution in [0, 0.1) is 5.92 Å². The van der Waals surface area contributed by atoms with Gasteiger partial charge in [0.2, 0.25) is 0 Å². The summed E-state index contributed by atoms with van der Waals surface area (Å²) < 4.78 is 0. The molecule has 2 unspecified atom stereocenters. The second kappa shape index (κ2) is 5.37. The highest BCUT2D eigenvalue weighted by atomic mass is 16.3. The third-order valence-electron chi connectivity index (χ3n) is 4.39. The van der Waals surface area contributed by atoms with Crippen molar-refractivity contribution in [3.63, 3.8) is 0 Å². The van der Waals surface area contributed by atoms with Crippen LogP contribution >= 0.6 is 0 Å². The Morgan fingerprint density at radius 3 is 2.81 bits per heavy atom. The first-order valence-electron chi connectivity index (χ1n) is 7.33. The molecule has 0 saturated carbocycles. The summed E-state index contributed by atoms with van der Waals surface area (Å²) in [5, 5.41) is 12.0. The quantitative estimate of drug-likeness (QED) is 0.889. The number of hydrogen-bond donors (Lipinski definition) is 2. The number of phenolic OH excluding ortho intramolecular Hbond substituents is 1. The van der Waals surface area contributed by atoms with Crippen molar-refractivity contribution < 1.29 is 9.90 Å². The minimum Gasteiger partial charge on any atom is -0.506 e. The van der Waals surface area contributed by atoms with Crippen LogP contribution < -0.4 is 5.73 Å². The SMILES string of the molecule is CC(N)C1CCN(C(=O)c2ccc3ccccc3c2O)C1. The second-order valence-electron chi connectivity index (χ2n) is 5.84. The highest BCUT2D eigenvalue weighted by Gasteiger charge is 2.30. The van der Waals surface area contributed by atoms with Crippen LogP contribution in [0.1, 0.15) is 23.7 Å². The third-order valence-corrected chi connectivity index (χ3v) is 4.39. The summed E-state index contributed by atoms with van der Waals surface area (Å²) in [5.74, 6) is 0.306. The van der Waals surface area contributed by atoms with Crippen molar-refractivity contribution in [2.24, 2.45) is 11.7 Å². The van der Waals surface area contributed by atoms with Crippen LogP contribution in [0.15, 0.2) is 36.4 Å². The Morgan fingerprint density at radius 1 is 1.33 bits per heavy atom. The van der Waals surface area contributed by atoms with Crippen molar-refractivity contribution in [2.75, 3.05) is 13.1 Å². The van der Waals surface area contributed by atoms with E-state index in [1.807, 2.05) is 37.3 Å². The summed E-state index contributed by atoms with van der Waals surface area (Å²) in [6.07, 6.45) is 0.928. The van der Waals surface area contributed by atoms with Gasteiger partial charge >= 0.3 is 0 Å². The molecule has 0 spiro atoms. The van der Waals surface area contributed by atoms with Gasteiger partial charge in [-0.1, -0.05) is 30.3 Å². The van der Waals surface area contributed by atoms with E-state index in [2.05, 4.69) is 0 Å². The fourth-order valence-electron chi connectivity index (χ4n) is 3.00. The van der Waals surface area contributed by atoms with Crippen LogP contribution in [-0.2, 0) is 0 Å². The molecule has 0 radical (unpaired) electrons. The molecule has 2 aromatic carbocycles. The molecule has 2 aromatic rings. The molecule has 0 aromatic heterocycles. The summed E-state index contributed by atoms with van der Waals surface area (Å²) in [6.45, 7) is 3.35. The number of carbonyl (C=O) groups excluding carboxylic acids is 1. The number of hydrogen-bond acceptors (Lipinski definition) is 3. The number of rotatable bonds is 2. The summed E-state index contributed by atoms with van der Waals surface area (Å²) in [5.41, 5.74) is 6.29. The molecule has 0 bridgehead atoms. The zero-order chi connectivity index (χ0) is 15.0. The Kier molecular flexibility index (Phi) is 3.55. The lowest BCUT2D eigenvalue weighted by atomic mass is 10.0. The number of amides is 1. The van der Waals surface area contributed by atoms with Gasteiger partial charge in [-0.05, 0) is 30.7 Å². The maximum Gasteiger partial charge on any atom is 0.257 e. The minimum absolute atomic E-state index is 0.0716. The monoisotopic (exact) mass is 284 g/mol. The standard InChI is InChI=1S/C17H20N2O2/c1-11(18)13-8-9-19(10-13)17(21)15-7-6-12-4-2-3-5-14(12)16(15)20/h2-7,11,13,20H,8-10,18H2,1H3. The number of carbonyl (C=O) groups is 1. The van der Waals surface area contributed by atoms with E-state index in [-0.39, 0.29) is 17.7 Å². The van der Waals surface area contributed by atoms with Crippen molar-refractivity contribution in [2.45, 2.75) is 19.4 Å². The van der Waals surface area contributed by atoms with Gasteiger partial charge in [-0.2, -0.15) is 0 Å². The van der Waals surface area contributed by atoms with Gasteiger partial charge in [-0.15, -0.1) is 0 Å². The lowest BCUT2D eigenvalue weighted by Crippen LogP contribution is -2.33. The summed E-state index contributed by atoms with van der Waals surface area (Å²) in [6, 6.07) is 11.2. The van der Waals surface area contributed by atoms with Gasteiger partial charge in [-0.3, -0.25) is 4.79 Å². The van der Waals surface area contributed by atoms with Gasteiger partial charge in [0.15, 0.2) is 0 Å². The van der Waals surface area contributed by atoms with E-state index in [0.717, 1.165) is 11.8 Å². The third kappa shape index (κ3) is 2.47. The average Bonchev–Trinajstić information content (AvgIpc) is 2.97. The number of fused-ring (bicyclic) bond motifs is 1. The second-order valence-corrected chi connectivity index (χ2v) is 5.84. The predicted molar refractivity (Wildman–Crippen MR) is 83.3 cm³/mol. The normalized spacial score (nSPS) is 19.9. The fraction of sp³-hybridized carbons (Fsp3) is 0.353. The fourth-order valence-corrected chi connectivity index (χ4v) is 3.00. The lowest BCUT2D eigenvalue weighted by Gasteiger charge is -2.19. The van der Waals surface area contributed by atoms with E-state index < -0.39 is 0 Å². The molecule has 1 aliphatic rings. The van der Waals surface area contributed by atoms with Crippen LogP contribution in [0.3, 0.4) is 0 Å². The predicted octanol–water partition coefficient (Wildman–Crippen LogP) is 2.35. The Morgan fingerprint density at radius 2 is 2.10 bits per heavy atom. The Labute approximate surface area is 124 Å². The highest BCUT2D eigenvalue weighted by Crippen LogP contribution is 2.30. The van der Waals surface area contributed by atoms with E-state index >= 15 is 0 Å². The van der Waals surface area contributed by atoms with Gasteiger partial charge in [0.05, 0.1) is 5.56 Å². The molecule has 1 fully saturated rings. The lowest BCUT2D eigenvalue weighted by molar-refractivity contribution is 0.0783. The van der Waals surface area contributed by atoms with E-state index in [9.17, 15) is 9.90 Å². The first kappa shape index (κ1) is 13.9. The van der Waals surface area contributed by atoms with Gasteiger partial charge in [0, 0.05) is 24.5 Å². The molecule has 1 aliphatic heterocycles. The number of phenols is 1. The number of nitrogens with zero attached hydrogens (tertiary/aromatic N) is 1. The van der Waals surface area contributed by atoms with E-state index in [0.29, 0.717) is 30.0 Å². The van der Waals surface area contributed by atoms with Crippen molar-refractivity contribution in [3.8, 4) is 5.75 Å². The van der Waals surface area contributed by atoms with E-state index in [1.54, 1.807) is 11.0 Å². The molecule has 4 heteroatoms. The molecule has 110 valence electrons. The summed E-state index contributed by atoms with van der Waals surface area (Å²) in [4.78, 5) is 14.4. The van der Waals surface area contributed by atoms with E-state index in [4.69, 9.17) is 5.73 Å².